The van der Waals surface area contributed by atoms with Crippen LogP contribution in [0.5, 0.6) is 0 Å². The van der Waals surface area contributed by atoms with Crippen LogP contribution in [0.2, 0.25) is 0 Å². The highest BCUT2D eigenvalue weighted by Crippen LogP contribution is 2.21. The van der Waals surface area contributed by atoms with Gasteiger partial charge in [-0.05, 0) is 25.2 Å². The number of anilines is 2. The number of halogens is 1. The van der Waals surface area contributed by atoms with Gasteiger partial charge in [-0.25, -0.2) is 4.39 Å². The van der Waals surface area contributed by atoms with Crippen LogP contribution in [0.4, 0.5) is 15.8 Å². The molecule has 106 valence electrons. The van der Waals surface area contributed by atoms with Gasteiger partial charge >= 0.3 is 0 Å². The molecule has 0 fully saturated rings. The Morgan fingerprint density at radius 2 is 2.00 bits per heavy atom. The van der Waals surface area contributed by atoms with Gasteiger partial charge in [0.1, 0.15) is 5.82 Å². The maximum Gasteiger partial charge on any atom is 0.250 e. The highest BCUT2D eigenvalue weighted by molar-refractivity contribution is 5.99. The first-order chi connectivity index (χ1) is 8.99. The number of hydrogen-bond acceptors (Lipinski definition) is 4. The van der Waals surface area contributed by atoms with Crippen molar-refractivity contribution in [3.05, 3.63) is 23.5 Å². The predicted molar refractivity (Wildman–Crippen MR) is 75.6 cm³/mol. The zero-order chi connectivity index (χ0) is 14.4. The van der Waals surface area contributed by atoms with Crippen LogP contribution in [0.1, 0.15) is 24.2 Å². The standard InChI is InChI=1S/C13H21FN4O/c1-3-18(4-2)6-5-17-12-7-9(13(16)19)11(15)8-10(12)14/h7-8,17H,3-6,15H2,1-2H3,(H2,16,19). The maximum atomic E-state index is 13.7. The van der Waals surface area contributed by atoms with Crippen LogP contribution in [0.3, 0.4) is 0 Å². The summed E-state index contributed by atoms with van der Waals surface area (Å²) in [4.78, 5) is 13.3. The Morgan fingerprint density at radius 1 is 1.37 bits per heavy atom. The summed E-state index contributed by atoms with van der Waals surface area (Å²) in [6.07, 6.45) is 0. The van der Waals surface area contributed by atoms with Crippen LogP contribution >= 0.6 is 0 Å². The minimum atomic E-state index is -0.663. The van der Waals surface area contributed by atoms with Crippen molar-refractivity contribution < 1.29 is 9.18 Å². The monoisotopic (exact) mass is 268 g/mol. The maximum absolute atomic E-state index is 13.7. The number of nitrogen functional groups attached to an aromatic ring is 1. The van der Waals surface area contributed by atoms with Crippen LogP contribution in [0, 0.1) is 5.82 Å². The predicted octanol–water partition coefficient (Wildman–Crippen LogP) is 1.26. The van der Waals surface area contributed by atoms with Gasteiger partial charge in [-0.3, -0.25) is 4.79 Å². The van der Waals surface area contributed by atoms with Gasteiger partial charge < -0.3 is 21.7 Å². The van der Waals surface area contributed by atoms with Gasteiger partial charge in [0.25, 0.3) is 5.91 Å². The van der Waals surface area contributed by atoms with E-state index in [-0.39, 0.29) is 16.9 Å². The number of rotatable bonds is 7. The largest absolute Gasteiger partial charge is 0.398 e. The lowest BCUT2D eigenvalue weighted by Gasteiger charge is -2.19. The van der Waals surface area contributed by atoms with E-state index < -0.39 is 11.7 Å². The van der Waals surface area contributed by atoms with Crippen LogP contribution in [0.25, 0.3) is 0 Å². The van der Waals surface area contributed by atoms with E-state index in [9.17, 15) is 9.18 Å². The molecule has 0 spiro atoms. The van der Waals surface area contributed by atoms with Crippen molar-refractivity contribution in [1.82, 2.24) is 4.90 Å². The fourth-order valence-electron chi connectivity index (χ4n) is 1.83. The van der Waals surface area contributed by atoms with Crippen molar-refractivity contribution in [2.24, 2.45) is 5.73 Å². The number of likely N-dealkylation sites (N-methyl/N-ethyl adjacent to an activating group) is 1. The van der Waals surface area contributed by atoms with Crippen molar-refractivity contribution >= 4 is 17.3 Å². The molecule has 1 rings (SSSR count). The molecule has 19 heavy (non-hydrogen) atoms. The number of carbonyl (C=O) groups excluding carboxylic acids is 1. The molecular formula is C13H21FN4O. The molecule has 0 unspecified atom stereocenters. The second-order valence-electron chi connectivity index (χ2n) is 4.24. The Morgan fingerprint density at radius 3 is 2.53 bits per heavy atom. The highest BCUT2D eigenvalue weighted by atomic mass is 19.1. The highest BCUT2D eigenvalue weighted by Gasteiger charge is 2.11. The smallest absolute Gasteiger partial charge is 0.250 e. The molecular weight excluding hydrogens is 247 g/mol. The lowest BCUT2D eigenvalue weighted by atomic mass is 10.1. The number of carbonyl (C=O) groups is 1. The molecule has 0 aliphatic rings. The van der Waals surface area contributed by atoms with Gasteiger partial charge in [0, 0.05) is 18.8 Å². The van der Waals surface area contributed by atoms with Crippen LogP contribution < -0.4 is 16.8 Å². The lowest BCUT2D eigenvalue weighted by molar-refractivity contribution is 0.100. The lowest BCUT2D eigenvalue weighted by Crippen LogP contribution is -2.28. The molecule has 0 saturated heterocycles. The first-order valence-electron chi connectivity index (χ1n) is 6.34. The summed E-state index contributed by atoms with van der Waals surface area (Å²) in [5.74, 6) is -1.15. The van der Waals surface area contributed by atoms with E-state index >= 15 is 0 Å². The average molecular weight is 268 g/mol. The van der Waals surface area contributed by atoms with Crippen molar-refractivity contribution in [2.75, 3.05) is 37.2 Å². The molecule has 0 saturated carbocycles. The van der Waals surface area contributed by atoms with E-state index in [2.05, 4.69) is 24.1 Å². The van der Waals surface area contributed by atoms with E-state index in [1.165, 1.54) is 6.07 Å². The van der Waals surface area contributed by atoms with Gasteiger partial charge in [-0.2, -0.15) is 0 Å². The molecule has 0 aromatic heterocycles. The summed E-state index contributed by atoms with van der Waals surface area (Å²) < 4.78 is 13.7. The fraction of sp³-hybridized carbons (Fsp3) is 0.462. The normalized spacial score (nSPS) is 10.7. The SMILES string of the molecule is CCN(CC)CCNc1cc(C(N)=O)c(N)cc1F. The van der Waals surface area contributed by atoms with E-state index in [0.717, 1.165) is 25.7 Å². The molecule has 0 radical (unpaired) electrons. The summed E-state index contributed by atoms with van der Waals surface area (Å²) in [5, 5.41) is 2.95. The number of nitrogens with two attached hydrogens (primary N) is 2. The molecule has 0 atom stereocenters. The Bertz CT molecular complexity index is 447. The second-order valence-corrected chi connectivity index (χ2v) is 4.24. The minimum absolute atomic E-state index is 0.0549. The Balaban J connectivity index is 2.73. The molecule has 1 aromatic rings. The summed E-state index contributed by atoms with van der Waals surface area (Å²) in [5.41, 5.74) is 11.1. The molecule has 0 aliphatic carbocycles. The van der Waals surface area contributed by atoms with E-state index in [4.69, 9.17) is 11.5 Å². The quantitative estimate of drug-likeness (QED) is 0.650. The van der Waals surface area contributed by atoms with E-state index in [1.807, 2.05) is 0 Å². The molecule has 0 bridgehead atoms. The summed E-state index contributed by atoms with van der Waals surface area (Å²) >= 11 is 0. The molecule has 0 aliphatic heterocycles. The Kier molecular flexibility index (Phi) is 5.57. The van der Waals surface area contributed by atoms with Crippen molar-refractivity contribution in [1.29, 1.82) is 0 Å². The number of nitrogens with zero attached hydrogens (tertiary/aromatic N) is 1. The molecule has 5 nitrogen and oxygen atoms in total. The van der Waals surface area contributed by atoms with Crippen LogP contribution in [0.15, 0.2) is 12.1 Å². The second kappa shape index (κ2) is 6.94. The van der Waals surface area contributed by atoms with Gasteiger partial charge in [-0.15, -0.1) is 0 Å². The number of hydrogen-bond donors (Lipinski definition) is 3. The van der Waals surface area contributed by atoms with Crippen molar-refractivity contribution in [2.45, 2.75) is 13.8 Å². The third-order valence-electron chi connectivity index (χ3n) is 3.04. The number of primary amides is 1. The number of amides is 1. The zero-order valence-electron chi connectivity index (χ0n) is 11.4. The average Bonchev–Trinajstić information content (AvgIpc) is 2.36. The first-order valence-corrected chi connectivity index (χ1v) is 6.34. The zero-order valence-corrected chi connectivity index (χ0v) is 11.4. The van der Waals surface area contributed by atoms with Crippen LogP contribution in [-0.4, -0.2) is 37.0 Å². The molecule has 0 heterocycles. The van der Waals surface area contributed by atoms with Gasteiger partial charge in [0.05, 0.1) is 11.3 Å². The fourth-order valence-corrected chi connectivity index (χ4v) is 1.83. The van der Waals surface area contributed by atoms with Crippen molar-refractivity contribution in [3.63, 3.8) is 0 Å². The Labute approximate surface area is 112 Å². The minimum Gasteiger partial charge on any atom is -0.398 e. The number of benzene rings is 1. The van der Waals surface area contributed by atoms with Crippen molar-refractivity contribution in [3.8, 4) is 0 Å². The van der Waals surface area contributed by atoms with Gasteiger partial charge in [-0.1, -0.05) is 13.8 Å². The third-order valence-corrected chi connectivity index (χ3v) is 3.04. The molecule has 1 aromatic carbocycles. The van der Waals surface area contributed by atoms with E-state index in [0.29, 0.717) is 6.54 Å². The van der Waals surface area contributed by atoms with E-state index in [1.54, 1.807) is 0 Å². The van der Waals surface area contributed by atoms with Gasteiger partial charge in [0.2, 0.25) is 0 Å². The third kappa shape index (κ3) is 4.10. The summed E-state index contributed by atoms with van der Waals surface area (Å²) in [7, 11) is 0. The number of nitrogens with one attached hydrogen (secondary N) is 1. The molecule has 1 amide bonds. The first kappa shape index (κ1) is 15.2. The summed E-state index contributed by atoms with van der Waals surface area (Å²) in [6.45, 7) is 7.39. The summed E-state index contributed by atoms with van der Waals surface area (Å²) in [6, 6.07) is 2.47. The Hall–Kier alpha value is -1.82. The molecule has 5 N–H and O–H groups in total. The van der Waals surface area contributed by atoms with Gasteiger partial charge in [0.15, 0.2) is 0 Å². The van der Waals surface area contributed by atoms with Crippen LogP contribution in [-0.2, 0) is 0 Å². The molecule has 6 heteroatoms. The topological polar surface area (TPSA) is 84.4 Å².